The zero-order valence-electron chi connectivity index (χ0n) is 29.1. The standard InChI is InChI=1S/C52H30O2/c1-2-10-31(11-3-1)33-18-19-35-29-36(21-20-34(35)28-33)48-39-14-6-8-16-41(39)49(42-17-9-7-15-40(42)48)37-23-26-46-45(30-37)50-47(53-46)27-25-44-43-24-22-32-12-4-5-13-38(32)51(43)54-52(44)50/h1-30H. The molecular weight excluding hydrogens is 657 g/mol. The summed E-state index contributed by atoms with van der Waals surface area (Å²) in [6.45, 7) is 0. The van der Waals surface area contributed by atoms with Crippen LogP contribution in [-0.4, -0.2) is 0 Å². The van der Waals surface area contributed by atoms with E-state index in [0.29, 0.717) is 0 Å². The first-order valence-electron chi connectivity index (χ1n) is 18.5. The van der Waals surface area contributed by atoms with Crippen LogP contribution in [0.1, 0.15) is 0 Å². The second kappa shape index (κ2) is 11.2. The normalized spacial score (nSPS) is 12.1. The summed E-state index contributed by atoms with van der Waals surface area (Å²) in [6, 6.07) is 65.7. The predicted octanol–water partition coefficient (Wildman–Crippen LogP) is 15.1. The molecule has 0 aliphatic heterocycles. The molecule has 2 heterocycles. The van der Waals surface area contributed by atoms with Gasteiger partial charge in [-0.2, -0.15) is 0 Å². The van der Waals surface area contributed by atoms with Crippen LogP contribution in [0.15, 0.2) is 191 Å². The van der Waals surface area contributed by atoms with Crippen molar-refractivity contribution in [2.75, 3.05) is 0 Å². The Hall–Kier alpha value is -7.16. The lowest BCUT2D eigenvalue weighted by atomic mass is 9.85. The van der Waals surface area contributed by atoms with Crippen molar-refractivity contribution in [3.63, 3.8) is 0 Å². The maximum atomic E-state index is 6.80. The van der Waals surface area contributed by atoms with E-state index < -0.39 is 0 Å². The van der Waals surface area contributed by atoms with Crippen molar-refractivity contribution in [1.29, 1.82) is 0 Å². The Balaban J connectivity index is 1.09. The van der Waals surface area contributed by atoms with Gasteiger partial charge in [0.2, 0.25) is 0 Å². The molecule has 0 aliphatic rings. The maximum absolute atomic E-state index is 6.80. The number of benzene rings is 10. The Morgan fingerprint density at radius 3 is 1.50 bits per heavy atom. The molecule has 0 amide bonds. The van der Waals surface area contributed by atoms with E-state index in [-0.39, 0.29) is 0 Å². The van der Waals surface area contributed by atoms with E-state index in [1.807, 2.05) is 0 Å². The first kappa shape index (κ1) is 29.4. The third kappa shape index (κ3) is 4.22. The summed E-state index contributed by atoms with van der Waals surface area (Å²) in [4.78, 5) is 0. The quantitative estimate of drug-likeness (QED) is 0.173. The van der Waals surface area contributed by atoms with Gasteiger partial charge in [-0.3, -0.25) is 0 Å². The fourth-order valence-electron chi connectivity index (χ4n) is 8.94. The third-order valence-electron chi connectivity index (χ3n) is 11.4. The first-order valence-corrected chi connectivity index (χ1v) is 18.5. The first-order chi connectivity index (χ1) is 26.8. The van der Waals surface area contributed by atoms with Crippen molar-refractivity contribution in [2.24, 2.45) is 0 Å². The van der Waals surface area contributed by atoms with Crippen molar-refractivity contribution in [1.82, 2.24) is 0 Å². The van der Waals surface area contributed by atoms with E-state index in [4.69, 9.17) is 8.83 Å². The Morgan fingerprint density at radius 1 is 0.259 bits per heavy atom. The lowest BCUT2D eigenvalue weighted by Crippen LogP contribution is -1.91. The molecule has 12 aromatic rings. The molecule has 0 bridgehead atoms. The minimum atomic E-state index is 0.829. The molecule has 0 radical (unpaired) electrons. The topological polar surface area (TPSA) is 26.3 Å². The highest BCUT2D eigenvalue weighted by molar-refractivity contribution is 6.26. The van der Waals surface area contributed by atoms with Crippen molar-refractivity contribution in [3.8, 4) is 33.4 Å². The predicted molar refractivity (Wildman–Crippen MR) is 227 cm³/mol. The van der Waals surface area contributed by atoms with Crippen LogP contribution >= 0.6 is 0 Å². The van der Waals surface area contributed by atoms with E-state index in [1.54, 1.807) is 0 Å². The van der Waals surface area contributed by atoms with Gasteiger partial charge >= 0.3 is 0 Å². The van der Waals surface area contributed by atoms with Crippen molar-refractivity contribution in [3.05, 3.63) is 182 Å². The zero-order chi connectivity index (χ0) is 35.3. The molecule has 0 spiro atoms. The minimum Gasteiger partial charge on any atom is -0.456 e. The van der Waals surface area contributed by atoms with Gasteiger partial charge in [0.05, 0.1) is 5.39 Å². The smallest absolute Gasteiger partial charge is 0.147 e. The fraction of sp³-hybridized carbons (Fsp3) is 0. The Bertz CT molecular complexity index is 3430. The van der Waals surface area contributed by atoms with E-state index in [0.717, 1.165) is 54.8 Å². The monoisotopic (exact) mass is 686 g/mol. The van der Waals surface area contributed by atoms with Crippen LogP contribution < -0.4 is 0 Å². The Labute approximate surface area is 310 Å². The average molecular weight is 687 g/mol. The third-order valence-corrected chi connectivity index (χ3v) is 11.4. The van der Waals surface area contributed by atoms with Crippen LogP contribution in [0.2, 0.25) is 0 Å². The van der Waals surface area contributed by atoms with Crippen LogP contribution in [0.5, 0.6) is 0 Å². The van der Waals surface area contributed by atoms with Gasteiger partial charge in [0.15, 0.2) is 0 Å². The van der Waals surface area contributed by atoms with Crippen molar-refractivity contribution in [2.45, 2.75) is 0 Å². The molecule has 54 heavy (non-hydrogen) atoms. The summed E-state index contributed by atoms with van der Waals surface area (Å²) in [6.07, 6.45) is 0. The molecule has 12 rings (SSSR count). The largest absolute Gasteiger partial charge is 0.456 e. The molecule has 0 saturated heterocycles. The molecule has 0 atom stereocenters. The number of fused-ring (bicyclic) bond motifs is 12. The van der Waals surface area contributed by atoms with Gasteiger partial charge in [-0.1, -0.05) is 140 Å². The molecule has 0 saturated carbocycles. The zero-order valence-corrected chi connectivity index (χ0v) is 29.1. The number of hydrogen-bond donors (Lipinski definition) is 0. The molecule has 10 aromatic carbocycles. The molecule has 250 valence electrons. The molecular formula is C52H30O2. The molecule has 0 fully saturated rings. The number of rotatable bonds is 3. The molecule has 2 aromatic heterocycles. The Morgan fingerprint density at radius 2 is 0.778 bits per heavy atom. The highest BCUT2D eigenvalue weighted by atomic mass is 16.3. The van der Waals surface area contributed by atoms with Crippen molar-refractivity contribution >= 4 is 87.0 Å². The molecule has 2 heteroatoms. The van der Waals surface area contributed by atoms with E-state index in [1.165, 1.54) is 65.5 Å². The van der Waals surface area contributed by atoms with E-state index in [2.05, 4.69) is 182 Å². The van der Waals surface area contributed by atoms with Gasteiger partial charge in [0.25, 0.3) is 0 Å². The maximum Gasteiger partial charge on any atom is 0.147 e. The van der Waals surface area contributed by atoms with Crippen LogP contribution in [-0.2, 0) is 0 Å². The van der Waals surface area contributed by atoms with Crippen LogP contribution in [0.3, 0.4) is 0 Å². The number of furan rings is 2. The lowest BCUT2D eigenvalue weighted by molar-refractivity contribution is 0.664. The highest BCUT2D eigenvalue weighted by Gasteiger charge is 2.21. The summed E-state index contributed by atoms with van der Waals surface area (Å²) in [5, 5.41) is 13.9. The van der Waals surface area contributed by atoms with Gasteiger partial charge in [-0.15, -0.1) is 0 Å². The van der Waals surface area contributed by atoms with Crippen molar-refractivity contribution < 1.29 is 8.83 Å². The summed E-state index contributed by atoms with van der Waals surface area (Å²) < 4.78 is 13.3. The van der Waals surface area contributed by atoms with E-state index >= 15 is 0 Å². The van der Waals surface area contributed by atoms with Gasteiger partial charge in [-0.25, -0.2) is 0 Å². The summed E-state index contributed by atoms with van der Waals surface area (Å²) in [7, 11) is 0. The minimum absolute atomic E-state index is 0.829. The number of hydrogen-bond acceptors (Lipinski definition) is 2. The summed E-state index contributed by atoms with van der Waals surface area (Å²) in [5.41, 5.74) is 10.8. The fourth-order valence-corrected chi connectivity index (χ4v) is 8.94. The molecule has 0 aliphatic carbocycles. The molecule has 0 N–H and O–H groups in total. The lowest BCUT2D eigenvalue weighted by Gasteiger charge is -2.18. The molecule has 0 unspecified atom stereocenters. The van der Waals surface area contributed by atoms with Crippen LogP contribution in [0.25, 0.3) is 120 Å². The summed E-state index contributed by atoms with van der Waals surface area (Å²) >= 11 is 0. The second-order valence-corrected chi connectivity index (χ2v) is 14.4. The molecule has 2 nitrogen and oxygen atoms in total. The van der Waals surface area contributed by atoms with Crippen LogP contribution in [0.4, 0.5) is 0 Å². The van der Waals surface area contributed by atoms with E-state index in [9.17, 15) is 0 Å². The SMILES string of the molecule is c1ccc(-c2ccc3cc(-c4c5ccccc5c(-c5ccc6oc7ccc8c9ccc%10ccccc%10c9oc8c7c6c5)c5ccccc45)ccc3c2)cc1. The highest BCUT2D eigenvalue weighted by Crippen LogP contribution is 2.47. The van der Waals surface area contributed by atoms with Crippen LogP contribution in [0, 0.1) is 0 Å². The van der Waals surface area contributed by atoms with Gasteiger partial charge in [0.1, 0.15) is 22.3 Å². The average Bonchev–Trinajstić information content (AvgIpc) is 3.81. The van der Waals surface area contributed by atoms with Gasteiger partial charge in [0, 0.05) is 21.5 Å². The second-order valence-electron chi connectivity index (χ2n) is 14.4. The van der Waals surface area contributed by atoms with Gasteiger partial charge < -0.3 is 8.83 Å². The summed E-state index contributed by atoms with van der Waals surface area (Å²) in [5.74, 6) is 0. The van der Waals surface area contributed by atoms with Gasteiger partial charge in [-0.05, 0) is 114 Å². The Kier molecular flexibility index (Phi) is 6.09.